The Morgan fingerprint density at radius 2 is 2.12 bits per heavy atom. The number of esters is 1. The van der Waals surface area contributed by atoms with Gasteiger partial charge < -0.3 is 19.1 Å². The molecule has 2 unspecified atom stereocenters. The second kappa shape index (κ2) is 11.7. The largest absolute Gasteiger partial charge is 0.462 e. The topological polar surface area (TPSA) is 131 Å². The molecule has 2 aliphatic heterocycles. The lowest BCUT2D eigenvalue weighted by molar-refractivity contribution is -0.149. The highest BCUT2D eigenvalue weighted by molar-refractivity contribution is 8.56. The summed E-state index contributed by atoms with van der Waals surface area (Å²) in [5.41, 5.74) is 0. The molecule has 0 spiro atoms. The average molecular weight is 527 g/mol. The number of allylic oxidation sites excluding steroid dienone is 1. The Labute approximate surface area is 203 Å². The lowest BCUT2D eigenvalue weighted by atomic mass is 9.99. The zero-order valence-electron chi connectivity index (χ0n) is 19.4. The molecule has 6 atom stereocenters. The standard InChI is InChI=1S/C20H32ClN2O8PS/c1-6-9-33-32(28,22-13(4)18(27)30-12(2)3)29-11-15-17(26)20(5,21)19(31-15)23-8-7-14(24)10-16(23)25/h7-8,12-13,15,17,19,26H,6,9-11H2,1-5H3,(H,22,28)/t13?,15-,17-,19-,20-,32?/m1/s1. The first-order valence-electron chi connectivity index (χ1n) is 10.7. The number of aliphatic hydroxyl groups is 1. The van der Waals surface area contributed by atoms with E-state index in [0.717, 1.165) is 17.8 Å². The van der Waals surface area contributed by atoms with E-state index < -0.39 is 47.9 Å². The number of rotatable bonds is 11. The van der Waals surface area contributed by atoms with Crippen LogP contribution in [0.1, 0.15) is 47.5 Å². The van der Waals surface area contributed by atoms with Crippen molar-refractivity contribution in [3.63, 3.8) is 0 Å². The van der Waals surface area contributed by atoms with Gasteiger partial charge in [0, 0.05) is 12.0 Å². The SMILES string of the molecule is CCCSP(=O)(NC(C)C(=O)OC(C)C)OC[C@H]1O[C@@H](N2C=CC(=O)CC2=O)[C@](C)(Cl)[C@@H]1O. The van der Waals surface area contributed by atoms with Crippen LogP contribution in [-0.2, 0) is 32.9 Å². The minimum atomic E-state index is -3.59. The van der Waals surface area contributed by atoms with Crippen LogP contribution >= 0.6 is 29.7 Å². The van der Waals surface area contributed by atoms with Gasteiger partial charge in [-0.25, -0.2) is 5.09 Å². The van der Waals surface area contributed by atoms with Crippen LogP contribution in [0.5, 0.6) is 0 Å². The quantitative estimate of drug-likeness (QED) is 0.179. The van der Waals surface area contributed by atoms with Gasteiger partial charge in [0.2, 0.25) is 5.91 Å². The van der Waals surface area contributed by atoms with Crippen molar-refractivity contribution in [1.29, 1.82) is 0 Å². The molecular formula is C20H32ClN2O8PS. The van der Waals surface area contributed by atoms with Crippen molar-refractivity contribution >= 4 is 47.4 Å². The number of ketones is 1. The molecule has 0 aromatic heterocycles. The average Bonchev–Trinajstić information content (AvgIpc) is 2.94. The van der Waals surface area contributed by atoms with Crippen LogP contribution in [0.4, 0.5) is 0 Å². The summed E-state index contributed by atoms with van der Waals surface area (Å²) in [5.74, 6) is -0.907. The monoisotopic (exact) mass is 526 g/mol. The normalized spacial score (nSPS) is 30.5. The fourth-order valence-corrected chi connectivity index (χ4v) is 7.46. The molecule has 1 saturated heterocycles. The number of carbonyl (C=O) groups is 3. The Kier molecular flexibility index (Phi) is 10.00. The summed E-state index contributed by atoms with van der Waals surface area (Å²) in [4.78, 5) is 35.7. The highest BCUT2D eigenvalue weighted by Crippen LogP contribution is 2.57. The first-order chi connectivity index (χ1) is 15.3. The van der Waals surface area contributed by atoms with Gasteiger partial charge in [-0.05, 0) is 40.2 Å². The summed E-state index contributed by atoms with van der Waals surface area (Å²) < 4.78 is 30.0. The summed E-state index contributed by atoms with van der Waals surface area (Å²) in [6, 6.07) is -0.892. The third-order valence-electron chi connectivity index (χ3n) is 4.94. The van der Waals surface area contributed by atoms with Crippen LogP contribution in [0.3, 0.4) is 0 Å². The second-order valence-corrected chi connectivity index (χ2v) is 13.6. The molecule has 0 aromatic carbocycles. The maximum atomic E-state index is 13.4. The molecule has 13 heteroatoms. The van der Waals surface area contributed by atoms with Gasteiger partial charge in [-0.15, -0.1) is 11.6 Å². The Morgan fingerprint density at radius 1 is 1.45 bits per heavy atom. The van der Waals surface area contributed by atoms with Gasteiger partial charge in [0.05, 0.1) is 19.1 Å². The van der Waals surface area contributed by atoms with Gasteiger partial charge in [-0.1, -0.05) is 18.3 Å². The number of carbonyl (C=O) groups excluding carboxylic acids is 3. The number of ether oxygens (including phenoxy) is 2. The van der Waals surface area contributed by atoms with Crippen molar-refractivity contribution in [2.75, 3.05) is 12.4 Å². The number of halogens is 1. The summed E-state index contributed by atoms with van der Waals surface area (Å²) in [6.07, 6.45) is -0.744. The fourth-order valence-electron chi connectivity index (χ4n) is 3.22. The van der Waals surface area contributed by atoms with Gasteiger partial charge >= 0.3 is 12.7 Å². The van der Waals surface area contributed by atoms with Crippen LogP contribution in [0.25, 0.3) is 0 Å². The highest BCUT2D eigenvalue weighted by Gasteiger charge is 2.55. The summed E-state index contributed by atoms with van der Waals surface area (Å²) in [5, 5.41) is 13.5. The Balaban J connectivity index is 2.10. The van der Waals surface area contributed by atoms with Gasteiger partial charge in [-0.3, -0.25) is 23.8 Å². The van der Waals surface area contributed by atoms with E-state index in [1.807, 2.05) is 6.92 Å². The maximum Gasteiger partial charge on any atom is 0.327 e. The minimum absolute atomic E-state index is 0.308. The summed E-state index contributed by atoms with van der Waals surface area (Å²) in [6.45, 7) is 4.47. The number of alkyl halides is 1. The van der Waals surface area contributed by atoms with Gasteiger partial charge in [-0.2, -0.15) is 0 Å². The zero-order chi connectivity index (χ0) is 25.0. The van der Waals surface area contributed by atoms with Crippen molar-refractivity contribution in [1.82, 2.24) is 9.99 Å². The highest BCUT2D eigenvalue weighted by atomic mass is 35.5. The van der Waals surface area contributed by atoms with Crippen LogP contribution in [-0.4, -0.2) is 75.5 Å². The number of amides is 1. The fraction of sp³-hybridized carbons (Fsp3) is 0.750. The summed E-state index contributed by atoms with van der Waals surface area (Å²) >= 11 is 7.56. The number of aliphatic hydroxyl groups excluding tert-OH is 1. The van der Waals surface area contributed by atoms with Crippen molar-refractivity contribution in [2.45, 2.75) is 82.9 Å². The van der Waals surface area contributed by atoms with Crippen LogP contribution in [0.2, 0.25) is 0 Å². The smallest absolute Gasteiger partial charge is 0.327 e. The number of nitrogens with zero attached hydrogens (tertiary/aromatic N) is 1. The second-order valence-electron chi connectivity index (χ2n) is 8.35. The van der Waals surface area contributed by atoms with E-state index in [1.54, 1.807) is 13.8 Å². The third kappa shape index (κ3) is 7.27. The predicted octanol–water partition coefficient (Wildman–Crippen LogP) is 2.58. The molecule has 2 N–H and O–H groups in total. The molecule has 10 nitrogen and oxygen atoms in total. The lowest BCUT2D eigenvalue weighted by Gasteiger charge is -2.34. The molecule has 188 valence electrons. The molecule has 1 fully saturated rings. The lowest BCUT2D eigenvalue weighted by Crippen LogP contribution is -2.50. The van der Waals surface area contributed by atoms with Crippen molar-refractivity contribution in [3.8, 4) is 0 Å². The minimum Gasteiger partial charge on any atom is -0.462 e. The molecule has 33 heavy (non-hydrogen) atoms. The van der Waals surface area contributed by atoms with Gasteiger partial charge in [0.15, 0.2) is 12.0 Å². The molecule has 2 rings (SSSR count). The Morgan fingerprint density at radius 3 is 2.70 bits per heavy atom. The van der Waals surface area contributed by atoms with E-state index in [4.69, 9.17) is 25.6 Å². The number of nitrogens with one attached hydrogen (secondary N) is 1. The molecule has 0 radical (unpaired) electrons. The maximum absolute atomic E-state index is 13.4. The van der Waals surface area contributed by atoms with Gasteiger partial charge in [0.25, 0.3) is 0 Å². The van der Waals surface area contributed by atoms with Crippen molar-refractivity contribution < 1.29 is 38.1 Å². The third-order valence-corrected chi connectivity index (χ3v) is 9.67. The van der Waals surface area contributed by atoms with E-state index in [-0.39, 0.29) is 24.9 Å². The van der Waals surface area contributed by atoms with Gasteiger partial charge in [0.1, 0.15) is 23.1 Å². The van der Waals surface area contributed by atoms with E-state index in [2.05, 4.69) is 5.09 Å². The van der Waals surface area contributed by atoms with Crippen molar-refractivity contribution in [3.05, 3.63) is 12.3 Å². The molecule has 2 heterocycles. The van der Waals surface area contributed by atoms with E-state index in [0.29, 0.717) is 5.75 Å². The summed E-state index contributed by atoms with van der Waals surface area (Å²) in [7, 11) is 0. The van der Waals surface area contributed by atoms with Crippen molar-refractivity contribution in [2.24, 2.45) is 0 Å². The Hall–Kier alpha value is -0.940. The zero-order valence-corrected chi connectivity index (χ0v) is 21.8. The number of hydrogen-bond donors (Lipinski definition) is 2. The molecule has 1 amide bonds. The molecule has 0 bridgehead atoms. The predicted molar refractivity (Wildman–Crippen MR) is 125 cm³/mol. The molecular weight excluding hydrogens is 495 g/mol. The van der Waals surface area contributed by atoms with Crippen LogP contribution in [0, 0.1) is 0 Å². The van der Waals surface area contributed by atoms with Crippen LogP contribution < -0.4 is 5.09 Å². The molecule has 0 saturated carbocycles. The molecule has 0 aliphatic carbocycles. The van der Waals surface area contributed by atoms with Crippen LogP contribution in [0.15, 0.2) is 12.3 Å². The first-order valence-corrected chi connectivity index (χ1v) is 14.3. The van der Waals surface area contributed by atoms with E-state index in [9.17, 15) is 24.1 Å². The number of hydrogen-bond acceptors (Lipinski definition) is 9. The van der Waals surface area contributed by atoms with E-state index >= 15 is 0 Å². The first kappa shape index (κ1) is 28.3. The Bertz CT molecular complexity index is 824. The molecule has 2 aliphatic rings. The van der Waals surface area contributed by atoms with E-state index in [1.165, 1.54) is 31.0 Å². The molecule has 0 aromatic rings.